The molecular weight excluding hydrogens is 362 g/mol. The highest BCUT2D eigenvalue weighted by atomic mass is 32.1. The topological polar surface area (TPSA) is 61.9 Å². The Hall–Kier alpha value is -1.44. The third-order valence-electron chi connectivity index (χ3n) is 5.40. The second kappa shape index (κ2) is 9.66. The predicted octanol–water partition coefficient (Wildman–Crippen LogP) is 2.77. The number of nitrogens with zero attached hydrogens (tertiary/aromatic N) is 2. The van der Waals surface area contributed by atoms with Crippen molar-refractivity contribution in [2.45, 2.75) is 45.4 Å². The fourth-order valence-electron chi connectivity index (χ4n) is 3.77. The molecule has 0 atom stereocenters. The summed E-state index contributed by atoms with van der Waals surface area (Å²) in [7, 11) is 2.13. The molecule has 0 bridgehead atoms. The lowest BCUT2D eigenvalue weighted by atomic mass is 10.1. The molecule has 2 heterocycles. The zero-order chi connectivity index (χ0) is 19.2. The summed E-state index contributed by atoms with van der Waals surface area (Å²) in [5.74, 6) is -0.317. The highest BCUT2D eigenvalue weighted by Gasteiger charge is 2.26. The molecule has 1 aliphatic heterocycles. The van der Waals surface area contributed by atoms with E-state index >= 15 is 0 Å². The third-order valence-corrected chi connectivity index (χ3v) is 6.61. The Kier molecular flexibility index (Phi) is 7.26. The zero-order valence-corrected chi connectivity index (χ0v) is 17.3. The van der Waals surface area contributed by atoms with Crippen molar-refractivity contribution in [1.82, 2.24) is 9.80 Å². The molecule has 7 heteroatoms. The van der Waals surface area contributed by atoms with Crippen molar-refractivity contribution < 1.29 is 14.3 Å². The molecular formula is C20H31N3O3S. The molecule has 0 spiro atoms. The van der Waals surface area contributed by atoms with Crippen LogP contribution in [0.5, 0.6) is 0 Å². The van der Waals surface area contributed by atoms with Crippen molar-refractivity contribution in [1.29, 1.82) is 0 Å². The van der Waals surface area contributed by atoms with E-state index in [4.69, 9.17) is 4.74 Å². The van der Waals surface area contributed by atoms with Gasteiger partial charge in [-0.15, -0.1) is 11.3 Å². The van der Waals surface area contributed by atoms with Gasteiger partial charge in [0.1, 0.15) is 5.00 Å². The minimum Gasteiger partial charge on any atom is -0.462 e. The Balaban J connectivity index is 1.66. The maximum atomic E-state index is 12.5. The van der Waals surface area contributed by atoms with E-state index in [2.05, 4.69) is 22.2 Å². The molecule has 6 nitrogen and oxygen atoms in total. The van der Waals surface area contributed by atoms with E-state index in [0.29, 0.717) is 23.6 Å². The van der Waals surface area contributed by atoms with Gasteiger partial charge in [-0.25, -0.2) is 4.79 Å². The number of likely N-dealkylation sites (N-methyl/N-ethyl adjacent to an activating group) is 1. The van der Waals surface area contributed by atoms with E-state index in [-0.39, 0.29) is 11.9 Å². The van der Waals surface area contributed by atoms with Crippen LogP contribution in [0.3, 0.4) is 0 Å². The molecule has 2 aliphatic rings. The smallest absolute Gasteiger partial charge is 0.341 e. The minimum atomic E-state index is -0.300. The average Bonchev–Trinajstić information content (AvgIpc) is 2.82. The number of amides is 1. The van der Waals surface area contributed by atoms with E-state index in [9.17, 15) is 9.59 Å². The van der Waals surface area contributed by atoms with Crippen LogP contribution in [0.15, 0.2) is 0 Å². The molecule has 0 saturated carbocycles. The Bertz CT molecular complexity index is 666. The summed E-state index contributed by atoms with van der Waals surface area (Å²) in [4.78, 5) is 31.0. The summed E-state index contributed by atoms with van der Waals surface area (Å²) in [6.07, 6.45) is 5.77. The van der Waals surface area contributed by atoms with E-state index in [0.717, 1.165) is 64.0 Å². The standard InChI is InChI=1S/C20H31N3O3S/c1-3-26-20(25)18-15-7-5-4-6-8-16(15)27-19(18)21-17(24)9-10-23-13-11-22(2)12-14-23/h3-14H2,1-2H3,(H,21,24). The first-order valence-electron chi connectivity index (χ1n) is 10.1. The van der Waals surface area contributed by atoms with Gasteiger partial charge in [0, 0.05) is 44.0 Å². The number of nitrogens with one attached hydrogen (secondary N) is 1. The number of aryl methyl sites for hydroxylation is 1. The average molecular weight is 394 g/mol. The minimum absolute atomic E-state index is 0.0177. The number of hydrogen-bond acceptors (Lipinski definition) is 6. The molecule has 1 aromatic heterocycles. The molecule has 3 rings (SSSR count). The van der Waals surface area contributed by atoms with Crippen LogP contribution in [0.4, 0.5) is 5.00 Å². The summed E-state index contributed by atoms with van der Waals surface area (Å²) < 4.78 is 5.28. The Morgan fingerprint density at radius 1 is 1.11 bits per heavy atom. The third kappa shape index (κ3) is 5.30. The number of anilines is 1. The lowest BCUT2D eigenvalue weighted by Crippen LogP contribution is -2.45. The largest absolute Gasteiger partial charge is 0.462 e. The number of esters is 1. The van der Waals surface area contributed by atoms with Crippen LogP contribution < -0.4 is 5.32 Å². The van der Waals surface area contributed by atoms with Gasteiger partial charge in [0.25, 0.3) is 0 Å². The maximum absolute atomic E-state index is 12.5. The van der Waals surface area contributed by atoms with Gasteiger partial charge in [-0.3, -0.25) is 4.79 Å². The molecule has 1 amide bonds. The predicted molar refractivity (Wildman–Crippen MR) is 109 cm³/mol. The first-order valence-corrected chi connectivity index (χ1v) is 10.9. The molecule has 1 aromatic rings. The molecule has 1 saturated heterocycles. The molecule has 1 fully saturated rings. The molecule has 0 radical (unpaired) electrons. The number of carbonyl (C=O) groups is 2. The second-order valence-corrected chi connectivity index (χ2v) is 8.54. The van der Waals surface area contributed by atoms with E-state index in [1.54, 1.807) is 11.3 Å². The Morgan fingerprint density at radius 3 is 2.59 bits per heavy atom. The van der Waals surface area contributed by atoms with Crippen molar-refractivity contribution in [3.05, 3.63) is 16.0 Å². The SMILES string of the molecule is CCOC(=O)c1c(NC(=O)CCN2CCN(C)CC2)sc2c1CCCCC2. The molecule has 150 valence electrons. The van der Waals surface area contributed by atoms with Crippen LogP contribution in [0, 0.1) is 0 Å². The lowest BCUT2D eigenvalue weighted by molar-refractivity contribution is -0.116. The summed E-state index contributed by atoms with van der Waals surface area (Å²) in [5.41, 5.74) is 1.71. The zero-order valence-electron chi connectivity index (χ0n) is 16.5. The Morgan fingerprint density at radius 2 is 1.85 bits per heavy atom. The van der Waals surface area contributed by atoms with Crippen molar-refractivity contribution in [3.63, 3.8) is 0 Å². The van der Waals surface area contributed by atoms with Crippen molar-refractivity contribution in [2.24, 2.45) is 0 Å². The van der Waals surface area contributed by atoms with Gasteiger partial charge in [-0.05, 0) is 45.2 Å². The van der Waals surface area contributed by atoms with Gasteiger partial charge in [0.05, 0.1) is 12.2 Å². The number of thiophene rings is 1. The van der Waals surface area contributed by atoms with Gasteiger partial charge in [-0.1, -0.05) is 6.42 Å². The van der Waals surface area contributed by atoms with E-state index in [1.807, 2.05) is 6.92 Å². The Labute approximate surface area is 165 Å². The van der Waals surface area contributed by atoms with Crippen molar-refractivity contribution in [2.75, 3.05) is 51.7 Å². The highest BCUT2D eigenvalue weighted by Crippen LogP contribution is 2.38. The fraction of sp³-hybridized carbons (Fsp3) is 0.700. The highest BCUT2D eigenvalue weighted by molar-refractivity contribution is 7.17. The van der Waals surface area contributed by atoms with Crippen LogP contribution >= 0.6 is 11.3 Å². The molecule has 0 aromatic carbocycles. The van der Waals surface area contributed by atoms with E-state index < -0.39 is 0 Å². The summed E-state index contributed by atoms with van der Waals surface area (Å²) in [6, 6.07) is 0. The van der Waals surface area contributed by atoms with Crippen LogP contribution in [0.25, 0.3) is 0 Å². The number of rotatable bonds is 6. The maximum Gasteiger partial charge on any atom is 0.341 e. The molecule has 27 heavy (non-hydrogen) atoms. The van der Waals surface area contributed by atoms with Crippen molar-refractivity contribution in [3.8, 4) is 0 Å². The van der Waals surface area contributed by atoms with Gasteiger partial charge in [0.15, 0.2) is 0 Å². The van der Waals surface area contributed by atoms with Crippen LogP contribution in [-0.4, -0.2) is 68.1 Å². The van der Waals surface area contributed by atoms with Gasteiger partial charge < -0.3 is 19.9 Å². The summed E-state index contributed by atoms with van der Waals surface area (Å²) in [6.45, 7) is 7.03. The van der Waals surface area contributed by atoms with Gasteiger partial charge in [0.2, 0.25) is 5.91 Å². The van der Waals surface area contributed by atoms with E-state index in [1.165, 1.54) is 11.3 Å². The molecule has 1 aliphatic carbocycles. The first kappa shape index (κ1) is 20.3. The summed E-state index contributed by atoms with van der Waals surface area (Å²) in [5, 5.41) is 3.70. The number of fused-ring (bicyclic) bond motifs is 1. The van der Waals surface area contributed by atoms with Crippen LogP contribution in [0.2, 0.25) is 0 Å². The lowest BCUT2D eigenvalue weighted by Gasteiger charge is -2.32. The summed E-state index contributed by atoms with van der Waals surface area (Å²) >= 11 is 1.57. The number of carbonyl (C=O) groups excluding carboxylic acids is 2. The second-order valence-electron chi connectivity index (χ2n) is 7.43. The first-order chi connectivity index (χ1) is 13.1. The van der Waals surface area contributed by atoms with Gasteiger partial charge >= 0.3 is 5.97 Å². The fourth-order valence-corrected chi connectivity index (χ4v) is 5.06. The van der Waals surface area contributed by atoms with Crippen LogP contribution in [-0.2, 0) is 22.4 Å². The number of ether oxygens (including phenoxy) is 1. The number of piperazine rings is 1. The quantitative estimate of drug-likeness (QED) is 0.595. The molecule has 0 unspecified atom stereocenters. The monoisotopic (exact) mass is 393 g/mol. The van der Waals surface area contributed by atoms with Gasteiger partial charge in [-0.2, -0.15) is 0 Å². The van der Waals surface area contributed by atoms with Crippen LogP contribution in [0.1, 0.15) is 53.4 Å². The normalized spacial score (nSPS) is 18.6. The molecule has 1 N–H and O–H groups in total. The number of hydrogen-bond donors (Lipinski definition) is 1. The van der Waals surface area contributed by atoms with Crippen molar-refractivity contribution >= 4 is 28.2 Å².